The first-order valence-electron chi connectivity index (χ1n) is 8.37. The Morgan fingerprint density at radius 1 is 1.31 bits per heavy atom. The molecule has 6 heteroatoms. The number of amides is 1. The Hall–Kier alpha value is -3.41. The zero-order valence-corrected chi connectivity index (χ0v) is 14.3. The number of ether oxygens (including phenoxy) is 1. The average molecular weight is 346 g/mol. The van der Waals surface area contributed by atoms with Gasteiger partial charge in [0.25, 0.3) is 0 Å². The second-order valence-electron chi connectivity index (χ2n) is 6.11. The molecule has 0 bridgehead atoms. The van der Waals surface area contributed by atoms with E-state index >= 15 is 0 Å². The fourth-order valence-electron chi connectivity index (χ4n) is 2.96. The maximum Gasteiger partial charge on any atom is 0.248 e. The van der Waals surface area contributed by atoms with Crippen molar-refractivity contribution < 1.29 is 9.53 Å². The SMILES string of the molecule is Cn1cc(-c2ccncc2/C=C/C(=O)Nc2ccc3c(c2)OCC3)cn1. The molecule has 0 atom stereocenters. The fourth-order valence-corrected chi connectivity index (χ4v) is 2.96. The predicted octanol–water partition coefficient (Wildman–Crippen LogP) is 3.07. The van der Waals surface area contributed by atoms with Crippen LogP contribution >= 0.6 is 0 Å². The maximum atomic E-state index is 12.3. The van der Waals surface area contributed by atoms with Crippen LogP contribution in [0.25, 0.3) is 17.2 Å². The number of fused-ring (bicyclic) bond motifs is 1. The van der Waals surface area contributed by atoms with Crippen LogP contribution in [-0.4, -0.2) is 27.3 Å². The van der Waals surface area contributed by atoms with E-state index in [-0.39, 0.29) is 5.91 Å². The van der Waals surface area contributed by atoms with Gasteiger partial charge in [0.2, 0.25) is 5.91 Å². The van der Waals surface area contributed by atoms with Crippen LogP contribution in [0.4, 0.5) is 5.69 Å². The van der Waals surface area contributed by atoms with Crippen molar-refractivity contribution in [2.45, 2.75) is 6.42 Å². The number of carbonyl (C=O) groups is 1. The summed E-state index contributed by atoms with van der Waals surface area (Å²) in [6.07, 6.45) is 11.4. The standard InChI is InChI=1S/C20H18N4O2/c1-24-13-16(12-22-24)18-6-8-21-11-15(18)3-5-20(25)23-17-4-2-14-7-9-26-19(14)10-17/h2-6,8,10-13H,7,9H2,1H3,(H,23,25)/b5-3+. The Kier molecular flexibility index (Phi) is 4.23. The Balaban J connectivity index is 1.50. The molecule has 6 nitrogen and oxygen atoms in total. The molecule has 0 fully saturated rings. The quantitative estimate of drug-likeness (QED) is 0.737. The number of aryl methyl sites for hydroxylation is 1. The van der Waals surface area contributed by atoms with E-state index in [2.05, 4.69) is 15.4 Å². The highest BCUT2D eigenvalue weighted by Gasteiger charge is 2.12. The second kappa shape index (κ2) is 6.84. The highest BCUT2D eigenvalue weighted by atomic mass is 16.5. The summed E-state index contributed by atoms with van der Waals surface area (Å²) < 4.78 is 7.27. The van der Waals surface area contributed by atoms with E-state index in [0.29, 0.717) is 6.61 Å². The molecule has 1 N–H and O–H groups in total. The lowest BCUT2D eigenvalue weighted by molar-refractivity contribution is -0.111. The molecule has 130 valence electrons. The minimum Gasteiger partial charge on any atom is -0.493 e. The van der Waals surface area contributed by atoms with Gasteiger partial charge in [-0.15, -0.1) is 0 Å². The maximum absolute atomic E-state index is 12.3. The molecule has 1 aliphatic rings. The van der Waals surface area contributed by atoms with E-state index in [1.54, 1.807) is 29.3 Å². The van der Waals surface area contributed by atoms with Crippen LogP contribution in [-0.2, 0) is 18.3 Å². The number of pyridine rings is 1. The van der Waals surface area contributed by atoms with Crippen LogP contribution in [0.15, 0.2) is 55.1 Å². The smallest absolute Gasteiger partial charge is 0.248 e. The number of anilines is 1. The molecule has 1 aliphatic heterocycles. The molecule has 4 rings (SSSR count). The first-order chi connectivity index (χ1) is 12.7. The van der Waals surface area contributed by atoms with E-state index < -0.39 is 0 Å². The molecule has 0 spiro atoms. The minimum absolute atomic E-state index is 0.205. The van der Waals surface area contributed by atoms with E-state index in [0.717, 1.165) is 34.5 Å². The minimum atomic E-state index is -0.205. The highest BCUT2D eigenvalue weighted by Crippen LogP contribution is 2.28. The second-order valence-corrected chi connectivity index (χ2v) is 6.11. The molecular formula is C20H18N4O2. The van der Waals surface area contributed by atoms with E-state index in [1.165, 1.54) is 11.6 Å². The van der Waals surface area contributed by atoms with Crippen LogP contribution in [0.3, 0.4) is 0 Å². The van der Waals surface area contributed by atoms with Crippen LogP contribution in [0.5, 0.6) is 5.75 Å². The molecule has 3 aromatic rings. The third-order valence-electron chi connectivity index (χ3n) is 4.25. The number of benzene rings is 1. The first-order valence-corrected chi connectivity index (χ1v) is 8.37. The predicted molar refractivity (Wildman–Crippen MR) is 99.7 cm³/mol. The van der Waals surface area contributed by atoms with E-state index in [9.17, 15) is 4.79 Å². The number of aromatic nitrogens is 3. The van der Waals surface area contributed by atoms with Gasteiger partial charge in [0, 0.05) is 61.0 Å². The molecule has 1 amide bonds. The Bertz CT molecular complexity index is 991. The molecule has 0 unspecified atom stereocenters. The lowest BCUT2D eigenvalue weighted by Crippen LogP contribution is -2.07. The van der Waals surface area contributed by atoms with Crippen molar-refractivity contribution in [3.63, 3.8) is 0 Å². The monoisotopic (exact) mass is 346 g/mol. The van der Waals surface area contributed by atoms with E-state index in [1.807, 2.05) is 37.5 Å². The summed E-state index contributed by atoms with van der Waals surface area (Å²) in [5.74, 6) is 0.641. The summed E-state index contributed by atoms with van der Waals surface area (Å²) in [6, 6.07) is 7.65. The van der Waals surface area contributed by atoms with Crippen molar-refractivity contribution in [3.05, 3.63) is 66.3 Å². The van der Waals surface area contributed by atoms with Crippen LogP contribution in [0.1, 0.15) is 11.1 Å². The van der Waals surface area contributed by atoms with Gasteiger partial charge in [0.1, 0.15) is 5.75 Å². The van der Waals surface area contributed by atoms with Gasteiger partial charge in [-0.05, 0) is 29.3 Å². The molecule has 0 radical (unpaired) electrons. The third-order valence-corrected chi connectivity index (χ3v) is 4.25. The van der Waals surface area contributed by atoms with Gasteiger partial charge in [-0.1, -0.05) is 6.07 Å². The summed E-state index contributed by atoms with van der Waals surface area (Å²) in [7, 11) is 1.87. The number of hydrogen-bond acceptors (Lipinski definition) is 4. The molecule has 0 saturated carbocycles. The zero-order chi connectivity index (χ0) is 17.9. The molecule has 3 heterocycles. The van der Waals surface area contributed by atoms with Crippen LogP contribution in [0, 0.1) is 0 Å². The number of hydrogen-bond donors (Lipinski definition) is 1. The van der Waals surface area contributed by atoms with Gasteiger partial charge >= 0.3 is 0 Å². The van der Waals surface area contributed by atoms with Crippen LogP contribution < -0.4 is 10.1 Å². The largest absolute Gasteiger partial charge is 0.493 e. The normalized spacial score (nSPS) is 12.8. The summed E-state index contributed by atoms with van der Waals surface area (Å²) in [6.45, 7) is 0.699. The topological polar surface area (TPSA) is 69.0 Å². The number of carbonyl (C=O) groups excluding carboxylic acids is 1. The molecule has 1 aromatic carbocycles. The number of nitrogens with one attached hydrogen (secondary N) is 1. The van der Waals surface area contributed by atoms with Crippen molar-refractivity contribution in [2.75, 3.05) is 11.9 Å². The van der Waals surface area contributed by atoms with Crippen molar-refractivity contribution in [1.29, 1.82) is 0 Å². The lowest BCUT2D eigenvalue weighted by Gasteiger charge is -2.05. The Morgan fingerprint density at radius 2 is 2.23 bits per heavy atom. The van der Waals surface area contributed by atoms with Crippen molar-refractivity contribution in [2.24, 2.45) is 7.05 Å². The summed E-state index contributed by atoms with van der Waals surface area (Å²) in [4.78, 5) is 16.4. The zero-order valence-electron chi connectivity index (χ0n) is 14.3. The average Bonchev–Trinajstić information content (AvgIpc) is 3.28. The summed E-state index contributed by atoms with van der Waals surface area (Å²) >= 11 is 0. The molecule has 0 aliphatic carbocycles. The van der Waals surface area contributed by atoms with Crippen molar-refractivity contribution in [3.8, 4) is 16.9 Å². The van der Waals surface area contributed by atoms with Gasteiger partial charge in [-0.25, -0.2) is 0 Å². The summed E-state index contributed by atoms with van der Waals surface area (Å²) in [5, 5.41) is 7.06. The van der Waals surface area contributed by atoms with Gasteiger partial charge in [0.15, 0.2) is 0 Å². The van der Waals surface area contributed by atoms with Crippen molar-refractivity contribution >= 4 is 17.7 Å². The molecule has 0 saturated heterocycles. The van der Waals surface area contributed by atoms with Gasteiger partial charge in [-0.2, -0.15) is 5.10 Å². The third kappa shape index (κ3) is 3.35. The summed E-state index contributed by atoms with van der Waals surface area (Å²) in [5.41, 5.74) is 4.70. The number of nitrogens with zero attached hydrogens (tertiary/aromatic N) is 3. The molecule has 2 aromatic heterocycles. The van der Waals surface area contributed by atoms with Gasteiger partial charge in [0.05, 0.1) is 12.8 Å². The Labute approximate surface area is 151 Å². The lowest BCUT2D eigenvalue weighted by atomic mass is 10.0. The van der Waals surface area contributed by atoms with Crippen molar-refractivity contribution in [1.82, 2.24) is 14.8 Å². The highest BCUT2D eigenvalue weighted by molar-refractivity contribution is 6.02. The first kappa shape index (κ1) is 16.1. The van der Waals surface area contributed by atoms with E-state index in [4.69, 9.17) is 4.74 Å². The molecular weight excluding hydrogens is 328 g/mol. The fraction of sp³-hybridized carbons (Fsp3) is 0.150. The molecule has 26 heavy (non-hydrogen) atoms. The number of rotatable bonds is 4. The van der Waals surface area contributed by atoms with Crippen LogP contribution in [0.2, 0.25) is 0 Å². The Morgan fingerprint density at radius 3 is 3.08 bits per heavy atom. The van der Waals surface area contributed by atoms with Gasteiger partial charge < -0.3 is 10.1 Å². The van der Waals surface area contributed by atoms with Gasteiger partial charge in [-0.3, -0.25) is 14.5 Å².